The molecule has 4 nitrogen and oxygen atoms in total. The van der Waals surface area contributed by atoms with Crippen LogP contribution in [-0.4, -0.2) is 33.2 Å². The fourth-order valence-corrected chi connectivity index (χ4v) is 2.86. The van der Waals surface area contributed by atoms with E-state index in [4.69, 9.17) is 9.47 Å². The van der Waals surface area contributed by atoms with E-state index in [1.807, 2.05) is 0 Å². The Bertz CT molecular complexity index is 581. The summed E-state index contributed by atoms with van der Waals surface area (Å²) in [6, 6.07) is 5.59. The van der Waals surface area contributed by atoms with Crippen molar-refractivity contribution in [3.63, 3.8) is 0 Å². The predicted molar refractivity (Wildman–Crippen MR) is 94.3 cm³/mol. The predicted octanol–water partition coefficient (Wildman–Crippen LogP) is 3.92. The first kappa shape index (κ1) is 20.4. The van der Waals surface area contributed by atoms with Gasteiger partial charge in [-0.3, -0.25) is 9.59 Å². The maximum atomic E-state index is 14.6. The van der Waals surface area contributed by atoms with E-state index in [2.05, 4.69) is 19.6 Å². The maximum Gasteiger partial charge on any atom is 0.313 e. The average molecular weight is 354 g/mol. The van der Waals surface area contributed by atoms with E-state index in [0.29, 0.717) is 6.61 Å². The number of carbonyl (C=O) groups is 2. The minimum atomic E-state index is -1.29. The van der Waals surface area contributed by atoms with Crippen LogP contribution in [0, 0.1) is 5.82 Å². The van der Waals surface area contributed by atoms with Crippen LogP contribution >= 0.6 is 0 Å². The molecule has 0 spiro atoms. The van der Waals surface area contributed by atoms with E-state index in [1.165, 1.54) is 6.07 Å². The molecule has 0 aliphatic heterocycles. The fourth-order valence-electron chi connectivity index (χ4n) is 2.15. The average Bonchev–Trinajstić information content (AvgIpc) is 2.47. The molecular weight excluding hydrogens is 327 g/mol. The van der Waals surface area contributed by atoms with Gasteiger partial charge in [-0.15, -0.1) is 0 Å². The topological polar surface area (TPSA) is 52.6 Å². The zero-order valence-electron chi connectivity index (χ0n) is 15.1. The van der Waals surface area contributed by atoms with Crippen LogP contribution in [0.15, 0.2) is 18.2 Å². The lowest BCUT2D eigenvalue weighted by molar-refractivity contribution is -0.144. The molecule has 0 N–H and O–H groups in total. The molecule has 0 amide bonds. The number of ether oxygens (including phenoxy) is 2. The smallest absolute Gasteiger partial charge is 0.313 e. The Morgan fingerprint density at radius 1 is 1.21 bits per heavy atom. The highest BCUT2D eigenvalue weighted by molar-refractivity contribution is 6.76. The van der Waals surface area contributed by atoms with E-state index in [0.717, 1.165) is 6.04 Å². The lowest BCUT2D eigenvalue weighted by Gasteiger charge is -2.18. The fraction of sp³-hybridized carbons (Fsp3) is 0.556. The normalized spacial score (nSPS) is 12.6. The van der Waals surface area contributed by atoms with Crippen LogP contribution in [0.25, 0.3) is 0 Å². The van der Waals surface area contributed by atoms with Gasteiger partial charge in [-0.2, -0.15) is 0 Å². The third-order valence-electron chi connectivity index (χ3n) is 3.67. The maximum absolute atomic E-state index is 14.6. The largest absolute Gasteiger partial charge is 0.466 e. The zero-order chi connectivity index (χ0) is 18.3. The van der Waals surface area contributed by atoms with Gasteiger partial charge in [-0.05, 0) is 25.5 Å². The van der Waals surface area contributed by atoms with Gasteiger partial charge in [-0.1, -0.05) is 37.8 Å². The van der Waals surface area contributed by atoms with Crippen molar-refractivity contribution in [1.82, 2.24) is 0 Å². The Hall–Kier alpha value is -1.69. The highest BCUT2D eigenvalue weighted by Gasteiger charge is 2.23. The van der Waals surface area contributed by atoms with Crippen LogP contribution in [0.2, 0.25) is 25.7 Å². The van der Waals surface area contributed by atoms with Gasteiger partial charge >= 0.3 is 11.9 Å². The number of hydrogen-bond donors (Lipinski definition) is 0. The van der Waals surface area contributed by atoms with Crippen LogP contribution in [0.5, 0.6) is 0 Å². The van der Waals surface area contributed by atoms with Crippen LogP contribution in [-0.2, 0) is 25.5 Å². The summed E-state index contributed by atoms with van der Waals surface area (Å²) in [6.07, 6.45) is -0.148. The van der Waals surface area contributed by atoms with Crippen LogP contribution in [0.1, 0.15) is 30.9 Å². The minimum Gasteiger partial charge on any atom is -0.466 e. The van der Waals surface area contributed by atoms with Gasteiger partial charge in [0.2, 0.25) is 0 Å². The molecule has 0 aliphatic rings. The van der Waals surface area contributed by atoms with Crippen LogP contribution < -0.4 is 0 Å². The van der Waals surface area contributed by atoms with Crippen LogP contribution in [0.4, 0.5) is 4.39 Å². The van der Waals surface area contributed by atoms with Crippen LogP contribution in [0.3, 0.4) is 0 Å². The number of rotatable bonds is 8. The molecule has 0 radical (unpaired) electrons. The molecule has 134 valence electrons. The molecule has 24 heavy (non-hydrogen) atoms. The summed E-state index contributed by atoms with van der Waals surface area (Å²) in [5.41, 5.74) is 0.475. The first-order valence-corrected chi connectivity index (χ1v) is 12.0. The minimum absolute atomic E-state index is 0.148. The Labute approximate surface area is 144 Å². The van der Waals surface area contributed by atoms with Gasteiger partial charge in [0.25, 0.3) is 0 Å². The van der Waals surface area contributed by atoms with E-state index in [9.17, 15) is 14.0 Å². The second kappa shape index (κ2) is 8.96. The molecule has 1 aromatic carbocycles. The summed E-state index contributed by atoms with van der Waals surface area (Å²) in [5.74, 6) is -2.19. The van der Waals surface area contributed by atoms with Gasteiger partial charge < -0.3 is 9.47 Å². The third-order valence-corrected chi connectivity index (χ3v) is 5.37. The molecule has 0 aromatic heterocycles. The molecule has 1 atom stereocenters. The molecule has 0 saturated carbocycles. The first-order chi connectivity index (χ1) is 11.2. The quantitative estimate of drug-likeness (QED) is 0.524. The van der Waals surface area contributed by atoms with Crippen molar-refractivity contribution in [3.05, 3.63) is 35.1 Å². The lowest BCUT2D eigenvalue weighted by atomic mass is 9.97. The van der Waals surface area contributed by atoms with Gasteiger partial charge in [0.15, 0.2) is 0 Å². The first-order valence-electron chi connectivity index (χ1n) is 8.25. The molecule has 0 bridgehead atoms. The molecule has 0 heterocycles. The Morgan fingerprint density at radius 2 is 1.88 bits per heavy atom. The number of carbonyl (C=O) groups excluding carboxylic acids is 2. The van der Waals surface area contributed by atoms with Gasteiger partial charge in [0, 0.05) is 13.6 Å². The molecule has 1 unspecified atom stereocenters. The van der Waals surface area contributed by atoms with Crippen molar-refractivity contribution in [1.29, 1.82) is 0 Å². The Kier molecular flexibility index (Phi) is 7.60. The molecule has 0 fully saturated rings. The number of hydrogen-bond acceptors (Lipinski definition) is 4. The van der Waals surface area contributed by atoms with Crippen molar-refractivity contribution in [2.75, 3.05) is 13.2 Å². The van der Waals surface area contributed by atoms with E-state index >= 15 is 0 Å². The van der Waals surface area contributed by atoms with Gasteiger partial charge in [-0.25, -0.2) is 4.39 Å². The van der Waals surface area contributed by atoms with Gasteiger partial charge in [0.05, 0.1) is 25.6 Å². The molecule has 6 heteroatoms. The Morgan fingerprint density at radius 3 is 2.46 bits per heavy atom. The summed E-state index contributed by atoms with van der Waals surface area (Å²) in [6.45, 7) is 10.5. The standard InChI is InChI=1S/C18H27FO4Si/c1-6-22-16(20)12-14-8-7-9-15(17(14)19)13(2)18(21)23-10-11-24(3,4)5/h7-9,13H,6,10-12H2,1-5H3. The monoisotopic (exact) mass is 354 g/mol. The highest BCUT2D eigenvalue weighted by atomic mass is 28.3. The summed E-state index contributed by atoms with van der Waals surface area (Å²) in [5, 5.41) is 0. The molecule has 1 aromatic rings. The SMILES string of the molecule is CCOC(=O)Cc1cccc(C(C)C(=O)OCC[Si](C)(C)C)c1F. The number of esters is 2. The van der Waals surface area contributed by atoms with E-state index in [-0.39, 0.29) is 24.2 Å². The summed E-state index contributed by atoms with van der Waals surface area (Å²) in [4.78, 5) is 23.7. The second-order valence-electron chi connectivity index (χ2n) is 7.00. The number of halogens is 1. The van der Waals surface area contributed by atoms with Gasteiger partial charge in [0.1, 0.15) is 5.82 Å². The molecular formula is C18H27FO4Si. The van der Waals surface area contributed by atoms with Crippen molar-refractivity contribution in [2.24, 2.45) is 0 Å². The second-order valence-corrected chi connectivity index (χ2v) is 12.6. The Balaban J connectivity index is 2.78. The van der Waals surface area contributed by atoms with Crippen molar-refractivity contribution < 1.29 is 23.5 Å². The summed E-state index contributed by atoms with van der Waals surface area (Å²) in [7, 11) is -1.29. The summed E-state index contributed by atoms with van der Waals surface area (Å²) < 4.78 is 24.7. The van der Waals surface area contributed by atoms with Crippen molar-refractivity contribution >= 4 is 20.0 Å². The summed E-state index contributed by atoms with van der Waals surface area (Å²) >= 11 is 0. The van der Waals surface area contributed by atoms with Crippen molar-refractivity contribution in [2.45, 2.75) is 51.9 Å². The third kappa shape index (κ3) is 6.43. The van der Waals surface area contributed by atoms with E-state index < -0.39 is 31.7 Å². The zero-order valence-corrected chi connectivity index (χ0v) is 16.1. The molecule has 0 saturated heterocycles. The molecule has 1 rings (SSSR count). The molecule has 0 aliphatic carbocycles. The lowest BCUT2D eigenvalue weighted by Crippen LogP contribution is -2.24. The van der Waals surface area contributed by atoms with E-state index in [1.54, 1.807) is 26.0 Å². The van der Waals surface area contributed by atoms with Crippen molar-refractivity contribution in [3.8, 4) is 0 Å². The highest BCUT2D eigenvalue weighted by Crippen LogP contribution is 2.24. The number of benzene rings is 1.